The molecule has 8 N–H and O–H groups in total. The molecule has 0 saturated carbocycles. The van der Waals surface area contributed by atoms with Gasteiger partial charge in [-0.2, -0.15) is 0 Å². The normalized spacial score (nSPS) is 14.6. The lowest BCUT2D eigenvalue weighted by Crippen LogP contribution is -2.57. The Balaban J connectivity index is 5.34. The Morgan fingerprint density at radius 2 is 1.29 bits per heavy atom. The summed E-state index contributed by atoms with van der Waals surface area (Å²) in [6.07, 6.45) is -1.20. The number of nitrogens with one attached hydrogen (secondary N) is 3. The van der Waals surface area contributed by atoms with E-state index in [4.69, 9.17) is 21.1 Å². The van der Waals surface area contributed by atoms with Crippen molar-refractivity contribution >= 4 is 35.6 Å². The number of aliphatic carboxylic acids is 3. The van der Waals surface area contributed by atoms with Crippen molar-refractivity contribution in [1.29, 1.82) is 0 Å². The lowest BCUT2D eigenvalue weighted by atomic mass is 10.0. The van der Waals surface area contributed by atoms with Crippen LogP contribution in [0.2, 0.25) is 0 Å². The van der Waals surface area contributed by atoms with Crippen LogP contribution in [0.1, 0.15) is 46.5 Å². The Bertz CT molecular complexity index is 696. The zero-order valence-electron chi connectivity index (χ0n) is 17.6. The van der Waals surface area contributed by atoms with Crippen molar-refractivity contribution in [2.24, 2.45) is 11.7 Å². The highest BCUT2D eigenvalue weighted by molar-refractivity contribution is 5.95. The van der Waals surface area contributed by atoms with E-state index in [0.29, 0.717) is 0 Å². The summed E-state index contributed by atoms with van der Waals surface area (Å²) in [4.78, 5) is 69.7. The van der Waals surface area contributed by atoms with Gasteiger partial charge in [-0.25, -0.2) is 0 Å². The largest absolute Gasteiger partial charge is 0.481 e. The van der Waals surface area contributed by atoms with Crippen LogP contribution in [-0.4, -0.2) is 75.1 Å². The number of carboxylic acids is 3. The Kier molecular flexibility index (Phi) is 11.8. The lowest BCUT2D eigenvalue weighted by Gasteiger charge is -2.25. The molecule has 3 amide bonds. The summed E-state index contributed by atoms with van der Waals surface area (Å²) in [5, 5.41) is 33.3. The zero-order valence-corrected chi connectivity index (χ0v) is 17.6. The van der Waals surface area contributed by atoms with Gasteiger partial charge in [-0.3, -0.25) is 28.8 Å². The summed E-state index contributed by atoms with van der Waals surface area (Å²) in [7, 11) is 0. The van der Waals surface area contributed by atoms with E-state index < -0.39 is 66.2 Å². The molecule has 0 fully saturated rings. The van der Waals surface area contributed by atoms with Gasteiger partial charge in [0.15, 0.2) is 0 Å². The van der Waals surface area contributed by atoms with Gasteiger partial charge in [0.1, 0.15) is 18.1 Å². The van der Waals surface area contributed by atoms with E-state index in [1.54, 1.807) is 13.8 Å². The van der Waals surface area contributed by atoms with Crippen LogP contribution in [0.3, 0.4) is 0 Å². The molecule has 0 aromatic rings. The molecule has 0 rings (SSSR count). The number of carbonyl (C=O) groups is 6. The van der Waals surface area contributed by atoms with Crippen LogP contribution in [0.4, 0.5) is 0 Å². The Hall–Kier alpha value is -3.22. The van der Waals surface area contributed by atoms with Crippen molar-refractivity contribution < 1.29 is 44.1 Å². The topological polar surface area (TPSA) is 225 Å². The first-order valence-corrected chi connectivity index (χ1v) is 9.57. The van der Waals surface area contributed by atoms with Gasteiger partial charge in [-0.15, -0.1) is 0 Å². The lowest BCUT2D eigenvalue weighted by molar-refractivity contribution is -0.143. The van der Waals surface area contributed by atoms with E-state index in [0.717, 1.165) is 0 Å². The zero-order chi connectivity index (χ0) is 24.3. The highest BCUT2D eigenvalue weighted by atomic mass is 16.4. The Labute approximate surface area is 178 Å². The molecular formula is C18H30N4O9. The predicted octanol–water partition coefficient (Wildman–Crippen LogP) is -1.74. The summed E-state index contributed by atoms with van der Waals surface area (Å²) in [6, 6.07) is -5.27. The van der Waals surface area contributed by atoms with Crippen LogP contribution < -0.4 is 21.7 Å². The minimum absolute atomic E-state index is 0.0925. The number of carbonyl (C=O) groups excluding carboxylic acids is 3. The maximum Gasteiger partial charge on any atom is 0.325 e. The molecule has 0 aliphatic rings. The highest BCUT2D eigenvalue weighted by Crippen LogP contribution is 2.07. The minimum atomic E-state index is -1.58. The molecule has 13 heteroatoms. The third-order valence-electron chi connectivity index (χ3n) is 4.09. The first-order valence-electron chi connectivity index (χ1n) is 9.57. The number of rotatable bonds is 14. The summed E-state index contributed by atoms with van der Waals surface area (Å²) < 4.78 is 0. The first kappa shape index (κ1) is 27.8. The van der Waals surface area contributed by atoms with Gasteiger partial charge in [0.05, 0.1) is 12.5 Å². The third kappa shape index (κ3) is 11.5. The Morgan fingerprint density at radius 3 is 1.74 bits per heavy atom. The van der Waals surface area contributed by atoms with Gasteiger partial charge in [0.2, 0.25) is 17.7 Å². The van der Waals surface area contributed by atoms with E-state index in [9.17, 15) is 28.8 Å². The van der Waals surface area contributed by atoms with Crippen molar-refractivity contribution in [2.45, 2.75) is 70.6 Å². The van der Waals surface area contributed by atoms with E-state index >= 15 is 0 Å². The number of hydrogen-bond acceptors (Lipinski definition) is 7. The van der Waals surface area contributed by atoms with Gasteiger partial charge in [-0.05, 0) is 25.7 Å². The van der Waals surface area contributed by atoms with Crippen molar-refractivity contribution in [3.63, 3.8) is 0 Å². The highest BCUT2D eigenvalue weighted by Gasteiger charge is 2.31. The van der Waals surface area contributed by atoms with Crippen molar-refractivity contribution in [3.8, 4) is 0 Å². The van der Waals surface area contributed by atoms with Gasteiger partial charge in [0, 0.05) is 6.42 Å². The molecule has 0 spiro atoms. The molecule has 0 aliphatic carbocycles. The van der Waals surface area contributed by atoms with Gasteiger partial charge in [0.25, 0.3) is 0 Å². The van der Waals surface area contributed by atoms with Crippen molar-refractivity contribution in [2.75, 3.05) is 0 Å². The van der Waals surface area contributed by atoms with Crippen LogP contribution in [-0.2, 0) is 28.8 Å². The summed E-state index contributed by atoms with van der Waals surface area (Å²) in [5.41, 5.74) is 5.64. The molecule has 0 heterocycles. The molecular weight excluding hydrogens is 416 g/mol. The van der Waals surface area contributed by atoms with E-state index in [-0.39, 0.29) is 25.2 Å². The average Bonchev–Trinajstić information content (AvgIpc) is 2.63. The van der Waals surface area contributed by atoms with Gasteiger partial charge < -0.3 is 37.0 Å². The quantitative estimate of drug-likeness (QED) is 0.159. The number of carboxylic acid groups (broad SMARTS) is 3. The predicted molar refractivity (Wildman–Crippen MR) is 106 cm³/mol. The maximum atomic E-state index is 12.7. The second kappa shape index (κ2) is 13.2. The van der Waals surface area contributed by atoms with Crippen LogP contribution in [0, 0.1) is 5.92 Å². The molecule has 0 aromatic carbocycles. The molecule has 0 radical (unpaired) electrons. The SMILES string of the molecule is CC(C)CC(NC(=O)C(N)CCC(=O)O)C(=O)NC(CC(=O)O)C(=O)NC(C)C(=O)O. The van der Waals surface area contributed by atoms with Crippen molar-refractivity contribution in [1.82, 2.24) is 16.0 Å². The van der Waals surface area contributed by atoms with E-state index in [1.807, 2.05) is 0 Å². The fourth-order valence-electron chi connectivity index (χ4n) is 2.42. The van der Waals surface area contributed by atoms with Crippen LogP contribution in [0.15, 0.2) is 0 Å². The average molecular weight is 446 g/mol. The Morgan fingerprint density at radius 1 is 0.774 bits per heavy atom. The molecule has 0 bridgehead atoms. The molecule has 31 heavy (non-hydrogen) atoms. The molecule has 0 aromatic heterocycles. The van der Waals surface area contributed by atoms with Crippen LogP contribution >= 0.6 is 0 Å². The number of nitrogens with two attached hydrogens (primary N) is 1. The molecule has 13 nitrogen and oxygen atoms in total. The number of hydrogen-bond donors (Lipinski definition) is 7. The smallest absolute Gasteiger partial charge is 0.325 e. The van der Waals surface area contributed by atoms with Gasteiger partial charge >= 0.3 is 17.9 Å². The molecule has 176 valence electrons. The summed E-state index contributed by atoms with van der Waals surface area (Å²) in [5.74, 6) is -6.66. The van der Waals surface area contributed by atoms with E-state index in [1.165, 1.54) is 6.92 Å². The first-order chi connectivity index (χ1) is 14.2. The van der Waals surface area contributed by atoms with Gasteiger partial charge in [-0.1, -0.05) is 13.8 Å². The number of amides is 3. The molecule has 0 aliphatic heterocycles. The van der Waals surface area contributed by atoms with Crippen LogP contribution in [0.5, 0.6) is 0 Å². The fourth-order valence-corrected chi connectivity index (χ4v) is 2.42. The maximum absolute atomic E-state index is 12.7. The fraction of sp³-hybridized carbons (Fsp3) is 0.667. The monoisotopic (exact) mass is 446 g/mol. The second-order valence-corrected chi connectivity index (χ2v) is 7.46. The summed E-state index contributed by atoms with van der Waals surface area (Å²) >= 11 is 0. The molecule has 0 saturated heterocycles. The van der Waals surface area contributed by atoms with Crippen LogP contribution in [0.25, 0.3) is 0 Å². The second-order valence-electron chi connectivity index (χ2n) is 7.46. The van der Waals surface area contributed by atoms with E-state index in [2.05, 4.69) is 16.0 Å². The standard InChI is InChI=1S/C18H30N4O9/c1-8(2)6-11(21-15(27)10(19)4-5-13(23)24)17(29)22-12(7-14(25)26)16(28)20-9(3)18(30)31/h8-12H,4-7,19H2,1-3H3,(H,20,28)(H,21,27)(H,22,29)(H,23,24)(H,25,26)(H,30,31). The molecule has 4 atom stereocenters. The minimum Gasteiger partial charge on any atom is -0.481 e. The summed E-state index contributed by atoms with van der Waals surface area (Å²) in [6.45, 7) is 4.68. The third-order valence-corrected chi connectivity index (χ3v) is 4.09. The van der Waals surface area contributed by atoms with Crippen molar-refractivity contribution in [3.05, 3.63) is 0 Å². The molecule has 4 unspecified atom stereocenters.